The van der Waals surface area contributed by atoms with E-state index in [9.17, 15) is 19.8 Å². The third-order valence-electron chi connectivity index (χ3n) is 5.26. The summed E-state index contributed by atoms with van der Waals surface area (Å²) in [6.45, 7) is 0. The normalized spacial score (nSPS) is 11.8. The largest absolute Gasteiger partial charge is 0.478 e. The fourth-order valence-corrected chi connectivity index (χ4v) is 5.25. The van der Waals surface area contributed by atoms with Crippen molar-refractivity contribution in [2.75, 3.05) is 0 Å². The zero-order valence-corrected chi connectivity index (χ0v) is 17.3. The SMILES string of the molecule is O=C(O)c1ccc2c3ccc(Br)c4c(C(=O)O)ccc(c5ccc(Br)c1c52)c43. The molecule has 0 aliphatic rings. The van der Waals surface area contributed by atoms with Crippen LogP contribution in [0, 0.1) is 0 Å². The van der Waals surface area contributed by atoms with Gasteiger partial charge in [-0.2, -0.15) is 0 Å². The van der Waals surface area contributed by atoms with E-state index in [2.05, 4.69) is 31.9 Å². The van der Waals surface area contributed by atoms with E-state index in [4.69, 9.17) is 0 Å². The Balaban J connectivity index is 2.18. The maximum Gasteiger partial charge on any atom is 0.336 e. The minimum Gasteiger partial charge on any atom is -0.478 e. The van der Waals surface area contributed by atoms with Crippen LogP contribution in [0.15, 0.2) is 57.5 Å². The second-order valence-corrected chi connectivity index (χ2v) is 8.33. The summed E-state index contributed by atoms with van der Waals surface area (Å²) in [6.07, 6.45) is 0. The van der Waals surface area contributed by atoms with Crippen LogP contribution in [0.5, 0.6) is 0 Å². The van der Waals surface area contributed by atoms with Crippen LogP contribution in [0.2, 0.25) is 0 Å². The first-order chi connectivity index (χ1) is 13.4. The molecule has 0 saturated carbocycles. The number of aromatic carboxylic acids is 2. The van der Waals surface area contributed by atoms with Gasteiger partial charge >= 0.3 is 11.9 Å². The molecular weight excluding hydrogens is 488 g/mol. The van der Waals surface area contributed by atoms with Crippen molar-refractivity contribution in [3.63, 3.8) is 0 Å². The molecule has 0 aliphatic carbocycles. The summed E-state index contributed by atoms with van der Waals surface area (Å²) in [5.74, 6) is -1.98. The number of hydrogen-bond donors (Lipinski definition) is 2. The average molecular weight is 498 g/mol. The molecule has 6 heteroatoms. The molecule has 5 aromatic rings. The highest BCUT2D eigenvalue weighted by atomic mass is 79.9. The minimum absolute atomic E-state index is 0.228. The molecule has 0 radical (unpaired) electrons. The molecule has 0 aromatic heterocycles. The molecule has 2 N–H and O–H groups in total. The fraction of sp³-hybridized carbons (Fsp3) is 0. The van der Waals surface area contributed by atoms with E-state index in [0.717, 1.165) is 32.3 Å². The van der Waals surface area contributed by atoms with Crippen LogP contribution in [-0.4, -0.2) is 22.2 Å². The van der Waals surface area contributed by atoms with Gasteiger partial charge in [0.05, 0.1) is 11.1 Å². The lowest BCUT2D eigenvalue weighted by molar-refractivity contribution is 0.0688. The highest BCUT2D eigenvalue weighted by Crippen LogP contribution is 2.45. The molecular formula is C22H10Br2O4. The molecule has 0 unspecified atom stereocenters. The summed E-state index contributed by atoms with van der Waals surface area (Å²) in [7, 11) is 0. The van der Waals surface area contributed by atoms with E-state index < -0.39 is 11.9 Å². The maximum atomic E-state index is 11.8. The molecule has 0 atom stereocenters. The van der Waals surface area contributed by atoms with Crippen molar-refractivity contribution in [3.8, 4) is 0 Å². The summed E-state index contributed by atoms with van der Waals surface area (Å²) < 4.78 is 1.42. The van der Waals surface area contributed by atoms with Gasteiger partial charge in [-0.15, -0.1) is 0 Å². The van der Waals surface area contributed by atoms with Gasteiger partial charge in [-0.1, -0.05) is 56.1 Å². The summed E-state index contributed by atoms with van der Waals surface area (Å²) in [6, 6.07) is 14.4. The number of carbonyl (C=O) groups is 2. The summed E-state index contributed by atoms with van der Waals surface area (Å²) in [5.41, 5.74) is 0.456. The van der Waals surface area contributed by atoms with Crippen molar-refractivity contribution in [2.45, 2.75) is 0 Å². The number of benzene rings is 5. The third kappa shape index (κ3) is 2.16. The Hall–Kier alpha value is -2.70. The number of rotatable bonds is 2. The van der Waals surface area contributed by atoms with Crippen molar-refractivity contribution in [3.05, 3.63) is 68.6 Å². The van der Waals surface area contributed by atoms with Crippen molar-refractivity contribution >= 4 is 86.9 Å². The van der Waals surface area contributed by atoms with Gasteiger partial charge in [0.1, 0.15) is 0 Å². The molecule has 136 valence electrons. The summed E-state index contributed by atoms with van der Waals surface area (Å²) in [5, 5.41) is 25.9. The van der Waals surface area contributed by atoms with E-state index in [-0.39, 0.29) is 11.1 Å². The number of hydrogen-bond acceptors (Lipinski definition) is 2. The molecule has 28 heavy (non-hydrogen) atoms. The van der Waals surface area contributed by atoms with Crippen molar-refractivity contribution in [1.29, 1.82) is 0 Å². The zero-order valence-electron chi connectivity index (χ0n) is 14.1. The lowest BCUT2D eigenvalue weighted by Crippen LogP contribution is -2.01. The fourth-order valence-electron chi connectivity index (χ4n) is 4.16. The minimum atomic E-state index is -0.989. The van der Waals surface area contributed by atoms with E-state index in [0.29, 0.717) is 19.7 Å². The molecule has 0 spiro atoms. The number of fused-ring (bicyclic) bond motifs is 2. The van der Waals surface area contributed by atoms with Crippen LogP contribution in [0.4, 0.5) is 0 Å². The van der Waals surface area contributed by atoms with Gasteiger partial charge in [-0.05, 0) is 56.6 Å². The second kappa shape index (κ2) is 5.90. The number of carboxylic acid groups (broad SMARTS) is 2. The molecule has 0 saturated heterocycles. The molecule has 0 bridgehead atoms. The Kier molecular flexibility index (Phi) is 3.66. The highest BCUT2D eigenvalue weighted by Gasteiger charge is 2.21. The molecule has 0 amide bonds. The first kappa shape index (κ1) is 17.4. The van der Waals surface area contributed by atoms with Gasteiger partial charge in [0.2, 0.25) is 0 Å². The number of carboxylic acids is 2. The lowest BCUT2D eigenvalue weighted by Gasteiger charge is -2.18. The first-order valence-electron chi connectivity index (χ1n) is 8.38. The third-order valence-corrected chi connectivity index (χ3v) is 6.58. The van der Waals surface area contributed by atoms with E-state index in [1.54, 1.807) is 24.3 Å². The molecule has 0 fully saturated rings. The average Bonchev–Trinajstić information content (AvgIpc) is 2.67. The Morgan fingerprint density at radius 1 is 0.536 bits per heavy atom. The van der Waals surface area contributed by atoms with Gasteiger partial charge in [0.15, 0.2) is 0 Å². The predicted octanol–water partition coefficient (Wildman–Crippen LogP) is 6.66. The zero-order chi connectivity index (χ0) is 19.7. The van der Waals surface area contributed by atoms with E-state index in [1.165, 1.54) is 0 Å². The highest BCUT2D eigenvalue weighted by molar-refractivity contribution is 9.11. The van der Waals surface area contributed by atoms with Crippen LogP contribution in [0.25, 0.3) is 43.1 Å². The quantitative estimate of drug-likeness (QED) is 0.211. The van der Waals surface area contributed by atoms with Crippen molar-refractivity contribution in [1.82, 2.24) is 0 Å². The molecule has 4 nitrogen and oxygen atoms in total. The van der Waals surface area contributed by atoms with Crippen LogP contribution in [-0.2, 0) is 0 Å². The Morgan fingerprint density at radius 3 is 1.18 bits per heavy atom. The summed E-state index contributed by atoms with van der Waals surface area (Å²) in [4.78, 5) is 23.6. The summed E-state index contributed by atoms with van der Waals surface area (Å²) >= 11 is 7.02. The lowest BCUT2D eigenvalue weighted by atomic mass is 9.87. The van der Waals surface area contributed by atoms with Gasteiger partial charge in [0.25, 0.3) is 0 Å². The van der Waals surface area contributed by atoms with E-state index in [1.807, 2.05) is 24.3 Å². The maximum absolute atomic E-state index is 11.8. The molecule has 0 aliphatic heterocycles. The van der Waals surface area contributed by atoms with Gasteiger partial charge < -0.3 is 10.2 Å². The van der Waals surface area contributed by atoms with Gasteiger partial charge in [0, 0.05) is 19.7 Å². The number of halogens is 2. The smallest absolute Gasteiger partial charge is 0.336 e. The monoisotopic (exact) mass is 496 g/mol. The van der Waals surface area contributed by atoms with Crippen LogP contribution in [0.1, 0.15) is 20.7 Å². The van der Waals surface area contributed by atoms with Crippen LogP contribution >= 0.6 is 31.9 Å². The van der Waals surface area contributed by atoms with Crippen molar-refractivity contribution < 1.29 is 19.8 Å². The standard InChI is InChI=1S/C22H10Br2O4/c23-15-8-6-12-10-2-4-14(22(27)28)20-16(24)7-5-11(18(10)20)9-1-3-13(21(25)26)19(15)17(9)12/h1-8H,(H,25,26)(H,27,28). The Labute approximate surface area is 175 Å². The van der Waals surface area contributed by atoms with Gasteiger partial charge in [-0.3, -0.25) is 0 Å². The van der Waals surface area contributed by atoms with E-state index >= 15 is 0 Å². The van der Waals surface area contributed by atoms with Crippen molar-refractivity contribution in [2.24, 2.45) is 0 Å². The molecule has 5 rings (SSSR count). The first-order valence-corrected chi connectivity index (χ1v) is 9.96. The van der Waals surface area contributed by atoms with Crippen LogP contribution < -0.4 is 0 Å². The Bertz CT molecular complexity index is 1350. The molecule has 0 heterocycles. The molecule has 5 aromatic carbocycles. The topological polar surface area (TPSA) is 74.6 Å². The predicted molar refractivity (Wildman–Crippen MR) is 117 cm³/mol. The second-order valence-electron chi connectivity index (χ2n) is 6.62. The Morgan fingerprint density at radius 2 is 0.857 bits per heavy atom. The van der Waals surface area contributed by atoms with Crippen LogP contribution in [0.3, 0.4) is 0 Å². The van der Waals surface area contributed by atoms with Gasteiger partial charge in [-0.25, -0.2) is 9.59 Å².